The number of hydrazine groups is 1. The summed E-state index contributed by atoms with van der Waals surface area (Å²) in [5.74, 6) is 6.05. The van der Waals surface area contributed by atoms with E-state index in [1.165, 1.54) is 0 Å². The minimum absolute atomic E-state index is 0.234. The lowest BCUT2D eigenvalue weighted by Crippen LogP contribution is -2.24. The van der Waals surface area contributed by atoms with Gasteiger partial charge in [0.2, 0.25) is 0 Å². The fourth-order valence-electron chi connectivity index (χ4n) is 1.55. The maximum atomic E-state index is 11.9. The smallest absolute Gasteiger partial charge is 0.272 e. The van der Waals surface area contributed by atoms with E-state index < -0.39 is 0 Å². The second-order valence-electron chi connectivity index (χ2n) is 3.98. The van der Waals surface area contributed by atoms with E-state index in [2.05, 4.69) is 20.9 Å². The van der Waals surface area contributed by atoms with Crippen molar-refractivity contribution >= 4 is 11.7 Å². The summed E-state index contributed by atoms with van der Waals surface area (Å²) in [7, 11) is 1.61. The summed E-state index contributed by atoms with van der Waals surface area (Å²) >= 11 is 0. The number of carbonyl (C=O) groups excluding carboxylic acids is 1. The normalized spacial score (nSPS) is 9.90. The quantitative estimate of drug-likeness (QED) is 0.547. The first-order valence-corrected chi connectivity index (χ1v) is 5.94. The van der Waals surface area contributed by atoms with E-state index in [-0.39, 0.29) is 11.6 Å². The SMILES string of the molecule is COc1ccc(CNC(=O)c2ccc(NN)nn2)cc1. The number of nitrogen functional groups attached to an aromatic ring is 1. The summed E-state index contributed by atoms with van der Waals surface area (Å²) in [5.41, 5.74) is 3.54. The number of nitrogens with zero attached hydrogens (tertiary/aromatic N) is 2. The summed E-state index contributed by atoms with van der Waals surface area (Å²) in [4.78, 5) is 11.9. The van der Waals surface area contributed by atoms with Gasteiger partial charge in [-0.05, 0) is 29.8 Å². The molecule has 1 aromatic heterocycles. The zero-order valence-corrected chi connectivity index (χ0v) is 11.0. The Balaban J connectivity index is 1.93. The third kappa shape index (κ3) is 3.42. The molecular formula is C13H15N5O2. The van der Waals surface area contributed by atoms with Crippen LogP contribution in [0.15, 0.2) is 36.4 Å². The van der Waals surface area contributed by atoms with E-state index in [0.29, 0.717) is 12.4 Å². The Kier molecular flexibility index (Phi) is 4.46. The highest BCUT2D eigenvalue weighted by atomic mass is 16.5. The van der Waals surface area contributed by atoms with E-state index in [9.17, 15) is 4.79 Å². The summed E-state index contributed by atoms with van der Waals surface area (Å²) in [5, 5.41) is 10.3. The number of nitrogens with two attached hydrogens (primary N) is 1. The van der Waals surface area contributed by atoms with Crippen molar-refractivity contribution in [2.45, 2.75) is 6.54 Å². The molecule has 0 aliphatic carbocycles. The molecule has 20 heavy (non-hydrogen) atoms. The molecule has 0 aliphatic heterocycles. The number of methoxy groups -OCH3 is 1. The van der Waals surface area contributed by atoms with Gasteiger partial charge in [0.25, 0.3) is 5.91 Å². The minimum Gasteiger partial charge on any atom is -0.497 e. The molecule has 0 bridgehead atoms. The van der Waals surface area contributed by atoms with Crippen molar-refractivity contribution in [3.8, 4) is 5.75 Å². The number of benzene rings is 1. The van der Waals surface area contributed by atoms with Crippen molar-refractivity contribution in [2.75, 3.05) is 12.5 Å². The Labute approximate surface area is 116 Å². The number of anilines is 1. The van der Waals surface area contributed by atoms with Gasteiger partial charge in [-0.1, -0.05) is 12.1 Å². The molecule has 7 heteroatoms. The molecule has 1 aromatic carbocycles. The lowest BCUT2D eigenvalue weighted by Gasteiger charge is -2.06. The molecule has 1 heterocycles. The number of aromatic nitrogens is 2. The van der Waals surface area contributed by atoms with Crippen LogP contribution >= 0.6 is 0 Å². The molecule has 0 atom stereocenters. The first-order chi connectivity index (χ1) is 9.72. The topological polar surface area (TPSA) is 102 Å². The Morgan fingerprint density at radius 1 is 1.20 bits per heavy atom. The van der Waals surface area contributed by atoms with Crippen molar-refractivity contribution in [1.82, 2.24) is 15.5 Å². The Morgan fingerprint density at radius 2 is 1.95 bits per heavy atom. The number of carbonyl (C=O) groups is 1. The van der Waals surface area contributed by atoms with Gasteiger partial charge in [0.1, 0.15) is 5.75 Å². The van der Waals surface area contributed by atoms with Crippen LogP contribution in [0.25, 0.3) is 0 Å². The highest BCUT2D eigenvalue weighted by molar-refractivity contribution is 5.92. The first-order valence-electron chi connectivity index (χ1n) is 5.94. The molecule has 0 fully saturated rings. The predicted octanol–water partition coefficient (Wildman–Crippen LogP) is 0.701. The lowest BCUT2D eigenvalue weighted by molar-refractivity contribution is 0.0945. The average molecular weight is 273 g/mol. The van der Waals surface area contributed by atoms with Crippen molar-refractivity contribution in [1.29, 1.82) is 0 Å². The molecular weight excluding hydrogens is 258 g/mol. The molecule has 104 valence electrons. The van der Waals surface area contributed by atoms with Gasteiger partial charge in [-0.25, -0.2) is 5.84 Å². The Morgan fingerprint density at radius 3 is 2.50 bits per heavy atom. The Hall–Kier alpha value is -2.67. The standard InChI is InChI=1S/C13H15N5O2/c1-20-10-4-2-9(3-5-10)8-15-13(19)11-6-7-12(16-14)18-17-11/h2-7H,8,14H2,1H3,(H,15,19)(H,16,18). The van der Waals surface area contributed by atoms with Crippen LogP contribution in [0.4, 0.5) is 5.82 Å². The number of hydrogen-bond donors (Lipinski definition) is 3. The maximum absolute atomic E-state index is 11.9. The molecule has 0 saturated carbocycles. The van der Waals surface area contributed by atoms with Gasteiger partial charge in [-0.2, -0.15) is 0 Å². The second-order valence-corrected chi connectivity index (χ2v) is 3.98. The number of ether oxygens (including phenoxy) is 1. The van der Waals surface area contributed by atoms with Gasteiger partial charge in [0.15, 0.2) is 11.5 Å². The summed E-state index contributed by atoms with van der Waals surface area (Å²) in [6.07, 6.45) is 0. The molecule has 4 N–H and O–H groups in total. The Bertz CT molecular complexity index is 568. The molecule has 0 spiro atoms. The van der Waals surface area contributed by atoms with Crippen molar-refractivity contribution in [3.63, 3.8) is 0 Å². The molecule has 2 aromatic rings. The monoisotopic (exact) mass is 273 g/mol. The molecule has 0 unspecified atom stereocenters. The summed E-state index contributed by atoms with van der Waals surface area (Å²) in [6, 6.07) is 10.6. The van der Waals surface area contributed by atoms with Gasteiger partial charge in [0, 0.05) is 6.54 Å². The fraction of sp³-hybridized carbons (Fsp3) is 0.154. The van der Waals surface area contributed by atoms with Crippen molar-refractivity contribution < 1.29 is 9.53 Å². The summed E-state index contributed by atoms with van der Waals surface area (Å²) < 4.78 is 5.06. The highest BCUT2D eigenvalue weighted by Crippen LogP contribution is 2.11. The zero-order chi connectivity index (χ0) is 14.4. The van der Waals surface area contributed by atoms with E-state index in [0.717, 1.165) is 11.3 Å². The van der Waals surface area contributed by atoms with Crippen LogP contribution in [-0.4, -0.2) is 23.2 Å². The van der Waals surface area contributed by atoms with E-state index in [1.54, 1.807) is 19.2 Å². The molecule has 0 aliphatic rings. The molecule has 1 amide bonds. The second kappa shape index (κ2) is 6.48. The largest absolute Gasteiger partial charge is 0.497 e. The molecule has 2 rings (SSSR count). The number of rotatable bonds is 5. The predicted molar refractivity (Wildman–Crippen MR) is 74.0 cm³/mol. The van der Waals surface area contributed by atoms with Crippen molar-refractivity contribution in [2.24, 2.45) is 5.84 Å². The van der Waals surface area contributed by atoms with Crippen LogP contribution in [-0.2, 0) is 6.54 Å². The molecule has 7 nitrogen and oxygen atoms in total. The lowest BCUT2D eigenvalue weighted by atomic mass is 10.2. The van der Waals surface area contributed by atoms with Crippen LogP contribution in [0.3, 0.4) is 0 Å². The van der Waals surface area contributed by atoms with Gasteiger partial charge >= 0.3 is 0 Å². The van der Waals surface area contributed by atoms with Crippen LogP contribution < -0.4 is 21.3 Å². The zero-order valence-electron chi connectivity index (χ0n) is 11.0. The minimum atomic E-state index is -0.295. The van der Waals surface area contributed by atoms with Crippen LogP contribution in [0.1, 0.15) is 16.1 Å². The molecule has 0 saturated heterocycles. The molecule has 0 radical (unpaired) electrons. The van der Waals surface area contributed by atoms with E-state index in [1.807, 2.05) is 24.3 Å². The maximum Gasteiger partial charge on any atom is 0.272 e. The number of amides is 1. The fourth-order valence-corrected chi connectivity index (χ4v) is 1.55. The van der Waals surface area contributed by atoms with Crippen LogP contribution in [0.5, 0.6) is 5.75 Å². The number of hydrogen-bond acceptors (Lipinski definition) is 6. The third-order valence-electron chi connectivity index (χ3n) is 2.66. The van der Waals surface area contributed by atoms with E-state index >= 15 is 0 Å². The number of nitrogens with one attached hydrogen (secondary N) is 2. The van der Waals surface area contributed by atoms with Gasteiger partial charge in [-0.3, -0.25) is 4.79 Å². The summed E-state index contributed by atoms with van der Waals surface area (Å²) in [6.45, 7) is 0.404. The van der Waals surface area contributed by atoms with Gasteiger partial charge < -0.3 is 15.5 Å². The van der Waals surface area contributed by atoms with Gasteiger partial charge in [-0.15, -0.1) is 10.2 Å². The highest BCUT2D eigenvalue weighted by Gasteiger charge is 2.07. The van der Waals surface area contributed by atoms with Crippen molar-refractivity contribution in [3.05, 3.63) is 47.7 Å². The van der Waals surface area contributed by atoms with Crippen LogP contribution in [0.2, 0.25) is 0 Å². The van der Waals surface area contributed by atoms with E-state index in [4.69, 9.17) is 10.6 Å². The average Bonchev–Trinajstić information content (AvgIpc) is 2.53. The third-order valence-corrected chi connectivity index (χ3v) is 2.66. The first kappa shape index (κ1) is 13.8. The van der Waals surface area contributed by atoms with Crippen LogP contribution in [0, 0.1) is 0 Å². The van der Waals surface area contributed by atoms with Gasteiger partial charge in [0.05, 0.1) is 7.11 Å².